The number of H-pyrrole nitrogens is 1. The van der Waals surface area contributed by atoms with Crippen molar-refractivity contribution >= 4 is 22.5 Å². The number of pyridine rings is 1. The molecule has 30 heavy (non-hydrogen) atoms. The highest BCUT2D eigenvalue weighted by molar-refractivity contribution is 6.30. The van der Waals surface area contributed by atoms with Gasteiger partial charge in [0.05, 0.1) is 16.8 Å². The Kier molecular flexibility index (Phi) is 5.34. The molecule has 0 amide bonds. The van der Waals surface area contributed by atoms with Crippen molar-refractivity contribution in [1.29, 1.82) is 0 Å². The van der Waals surface area contributed by atoms with E-state index in [1.165, 1.54) is 24.8 Å². The van der Waals surface area contributed by atoms with Gasteiger partial charge < -0.3 is 4.98 Å². The van der Waals surface area contributed by atoms with Crippen LogP contribution in [0.3, 0.4) is 0 Å². The molecule has 3 aromatic rings. The third kappa shape index (κ3) is 3.88. The highest BCUT2D eigenvalue weighted by atomic mass is 35.5. The van der Waals surface area contributed by atoms with Crippen LogP contribution in [-0.4, -0.2) is 26.4 Å². The Bertz CT molecular complexity index is 1150. The summed E-state index contributed by atoms with van der Waals surface area (Å²) in [5.41, 5.74) is 4.94. The van der Waals surface area contributed by atoms with Gasteiger partial charge in [0.2, 0.25) is 0 Å². The van der Waals surface area contributed by atoms with Crippen LogP contribution in [-0.2, 0) is 19.5 Å². The standard InChI is InChI=1S/C24H27ClN4O/c1-15-7-8-20-17(11-15)12-18(22(25)26-20)13-29-10-9-21-19(14-29)24(30)28-23(27-21)16-5-3-2-4-6-16/h7-8,11-12,16H,2-6,9-10,13-14H2,1H3,(H,27,28,30). The fourth-order valence-corrected chi connectivity index (χ4v) is 5.08. The molecule has 2 aliphatic rings. The van der Waals surface area contributed by atoms with Crippen molar-refractivity contribution in [2.45, 2.75) is 64.5 Å². The van der Waals surface area contributed by atoms with E-state index in [-0.39, 0.29) is 5.56 Å². The zero-order valence-corrected chi connectivity index (χ0v) is 18.1. The number of hydrogen-bond acceptors (Lipinski definition) is 4. The molecule has 6 heteroatoms. The molecule has 2 aromatic heterocycles. The van der Waals surface area contributed by atoms with Crippen molar-refractivity contribution in [2.75, 3.05) is 6.54 Å². The normalized spacial score (nSPS) is 17.9. The van der Waals surface area contributed by atoms with Gasteiger partial charge in [0, 0.05) is 42.9 Å². The van der Waals surface area contributed by atoms with E-state index in [9.17, 15) is 4.79 Å². The molecule has 1 aliphatic heterocycles. The summed E-state index contributed by atoms with van der Waals surface area (Å²) >= 11 is 6.48. The predicted molar refractivity (Wildman–Crippen MR) is 120 cm³/mol. The molecule has 3 heterocycles. The second-order valence-electron chi connectivity index (χ2n) is 8.81. The number of hydrogen-bond donors (Lipinski definition) is 1. The molecule has 1 aromatic carbocycles. The SMILES string of the molecule is Cc1ccc2nc(Cl)c(CN3CCc4nc(C5CCCCC5)[nH]c(=O)c4C3)cc2c1. The fraction of sp³-hybridized carbons (Fsp3) is 0.458. The van der Waals surface area contributed by atoms with Gasteiger partial charge in [0.1, 0.15) is 11.0 Å². The molecule has 0 saturated heterocycles. The van der Waals surface area contributed by atoms with Gasteiger partial charge >= 0.3 is 0 Å². The molecule has 5 rings (SSSR count). The molecule has 0 radical (unpaired) electrons. The maximum atomic E-state index is 12.8. The van der Waals surface area contributed by atoms with E-state index in [4.69, 9.17) is 16.6 Å². The Labute approximate surface area is 181 Å². The van der Waals surface area contributed by atoms with Gasteiger partial charge in [0.25, 0.3) is 5.56 Å². The van der Waals surface area contributed by atoms with Crippen molar-refractivity contribution in [2.24, 2.45) is 0 Å². The summed E-state index contributed by atoms with van der Waals surface area (Å²) < 4.78 is 0. The first kappa shape index (κ1) is 19.7. The number of aromatic nitrogens is 3. The average molecular weight is 423 g/mol. The van der Waals surface area contributed by atoms with E-state index in [0.717, 1.165) is 59.4 Å². The Morgan fingerprint density at radius 2 is 2.00 bits per heavy atom. The first-order chi connectivity index (χ1) is 14.6. The molecule has 5 nitrogen and oxygen atoms in total. The van der Waals surface area contributed by atoms with Crippen LogP contribution < -0.4 is 5.56 Å². The number of halogens is 1. The quantitative estimate of drug-likeness (QED) is 0.610. The van der Waals surface area contributed by atoms with Crippen LogP contribution in [0.4, 0.5) is 0 Å². The molecule has 1 aliphatic carbocycles. The van der Waals surface area contributed by atoms with Crippen LogP contribution in [0.5, 0.6) is 0 Å². The summed E-state index contributed by atoms with van der Waals surface area (Å²) in [6, 6.07) is 8.32. The summed E-state index contributed by atoms with van der Waals surface area (Å²) in [5.74, 6) is 1.32. The number of aryl methyl sites for hydroxylation is 1. The minimum absolute atomic E-state index is 0.0311. The number of nitrogens with one attached hydrogen (secondary N) is 1. The van der Waals surface area contributed by atoms with Crippen molar-refractivity contribution < 1.29 is 0 Å². The molecular formula is C24H27ClN4O. The second kappa shape index (κ2) is 8.12. The Morgan fingerprint density at radius 3 is 2.83 bits per heavy atom. The molecular weight excluding hydrogens is 396 g/mol. The monoisotopic (exact) mass is 422 g/mol. The summed E-state index contributed by atoms with van der Waals surface area (Å²) in [6.45, 7) is 4.23. The zero-order chi connectivity index (χ0) is 20.7. The van der Waals surface area contributed by atoms with E-state index in [0.29, 0.717) is 24.2 Å². The summed E-state index contributed by atoms with van der Waals surface area (Å²) in [6.07, 6.45) is 6.85. The van der Waals surface area contributed by atoms with Gasteiger partial charge in [0.15, 0.2) is 0 Å². The first-order valence-corrected chi connectivity index (χ1v) is 11.3. The molecule has 0 spiro atoms. The van der Waals surface area contributed by atoms with Gasteiger partial charge in [-0.1, -0.05) is 42.5 Å². The van der Waals surface area contributed by atoms with Crippen LogP contribution in [0.1, 0.15) is 66.2 Å². The molecule has 0 atom stereocenters. The maximum absolute atomic E-state index is 12.8. The summed E-state index contributed by atoms with van der Waals surface area (Å²) in [7, 11) is 0. The maximum Gasteiger partial charge on any atom is 0.255 e. The Hall–Kier alpha value is -2.24. The zero-order valence-electron chi connectivity index (χ0n) is 17.4. The van der Waals surface area contributed by atoms with Gasteiger partial charge in [-0.3, -0.25) is 9.69 Å². The minimum atomic E-state index is 0.0311. The van der Waals surface area contributed by atoms with Gasteiger partial charge in [-0.05, 0) is 38.0 Å². The molecule has 1 saturated carbocycles. The van der Waals surface area contributed by atoms with E-state index >= 15 is 0 Å². The molecule has 0 unspecified atom stereocenters. The lowest BCUT2D eigenvalue weighted by molar-refractivity contribution is 0.241. The highest BCUT2D eigenvalue weighted by Crippen LogP contribution is 2.31. The first-order valence-electron chi connectivity index (χ1n) is 11.0. The van der Waals surface area contributed by atoms with Crippen molar-refractivity contribution in [3.05, 3.63) is 68.0 Å². The van der Waals surface area contributed by atoms with Crippen molar-refractivity contribution in [1.82, 2.24) is 19.9 Å². The lowest BCUT2D eigenvalue weighted by Crippen LogP contribution is -2.36. The molecule has 1 N–H and O–H groups in total. The lowest BCUT2D eigenvalue weighted by atomic mass is 9.88. The second-order valence-corrected chi connectivity index (χ2v) is 9.16. The van der Waals surface area contributed by atoms with Crippen LogP contribution in [0.25, 0.3) is 10.9 Å². The van der Waals surface area contributed by atoms with Gasteiger partial charge in [-0.25, -0.2) is 9.97 Å². The topological polar surface area (TPSA) is 61.9 Å². The van der Waals surface area contributed by atoms with Crippen molar-refractivity contribution in [3.8, 4) is 0 Å². The van der Waals surface area contributed by atoms with Gasteiger partial charge in [-0.15, -0.1) is 0 Å². The summed E-state index contributed by atoms with van der Waals surface area (Å²) in [4.78, 5) is 27.7. The van der Waals surface area contributed by atoms with Crippen LogP contribution in [0.15, 0.2) is 29.1 Å². The molecule has 1 fully saturated rings. The van der Waals surface area contributed by atoms with Crippen LogP contribution >= 0.6 is 11.6 Å². The number of aromatic amines is 1. The highest BCUT2D eigenvalue weighted by Gasteiger charge is 2.25. The third-order valence-electron chi connectivity index (χ3n) is 6.55. The number of benzene rings is 1. The summed E-state index contributed by atoms with van der Waals surface area (Å²) in [5, 5.41) is 1.64. The number of nitrogens with zero attached hydrogens (tertiary/aromatic N) is 3. The smallest absolute Gasteiger partial charge is 0.255 e. The van der Waals surface area contributed by atoms with E-state index in [2.05, 4.69) is 33.9 Å². The largest absolute Gasteiger partial charge is 0.310 e. The predicted octanol–water partition coefficient (Wildman–Crippen LogP) is 4.89. The van der Waals surface area contributed by atoms with Crippen LogP contribution in [0, 0.1) is 6.92 Å². The van der Waals surface area contributed by atoms with E-state index < -0.39 is 0 Å². The van der Waals surface area contributed by atoms with Crippen LogP contribution in [0.2, 0.25) is 5.15 Å². The minimum Gasteiger partial charge on any atom is -0.310 e. The molecule has 156 valence electrons. The van der Waals surface area contributed by atoms with Crippen molar-refractivity contribution in [3.63, 3.8) is 0 Å². The lowest BCUT2D eigenvalue weighted by Gasteiger charge is -2.29. The third-order valence-corrected chi connectivity index (χ3v) is 6.88. The van der Waals surface area contributed by atoms with Gasteiger partial charge in [-0.2, -0.15) is 0 Å². The number of rotatable bonds is 3. The van der Waals surface area contributed by atoms with E-state index in [1.54, 1.807) is 0 Å². The average Bonchev–Trinajstić information content (AvgIpc) is 2.75. The fourth-order valence-electron chi connectivity index (χ4n) is 4.87. The van der Waals surface area contributed by atoms with E-state index in [1.807, 2.05) is 12.1 Å². The Morgan fingerprint density at radius 1 is 1.17 bits per heavy atom. The molecule has 0 bridgehead atoms. The Balaban J connectivity index is 1.38. The number of fused-ring (bicyclic) bond motifs is 2.